The number of ether oxygens (including phenoxy) is 1. The third kappa shape index (κ3) is 3.02. The molecule has 0 radical (unpaired) electrons. The highest BCUT2D eigenvalue weighted by molar-refractivity contribution is 6.50. The quantitative estimate of drug-likeness (QED) is 0.436. The van der Waals surface area contributed by atoms with Crippen molar-refractivity contribution in [2.24, 2.45) is 22.7 Å². The van der Waals surface area contributed by atoms with Crippen molar-refractivity contribution >= 4 is 17.5 Å². The largest absolute Gasteiger partial charge is 0.507 e. The van der Waals surface area contributed by atoms with Gasteiger partial charge in [0.1, 0.15) is 5.76 Å². The van der Waals surface area contributed by atoms with Gasteiger partial charge in [0.15, 0.2) is 0 Å². The standard InChI is InChI=1S/C22H30O6/c1-11(10-28-12(2)23)15-18(25)16-13(24)9-14-21(3,4)7-6-8-22(14,5)17(16)20(27)19(15)26/h11,13-14,24-25H,6-10H2,1-5H3/t11-,13+,14-,22-/m0/s1. The average Bonchev–Trinajstić information content (AvgIpc) is 2.58. The first-order chi connectivity index (χ1) is 12.9. The number of ketones is 2. The molecule has 3 aliphatic rings. The molecule has 3 rings (SSSR count). The van der Waals surface area contributed by atoms with Crippen molar-refractivity contribution in [1.29, 1.82) is 0 Å². The average molecular weight is 390 g/mol. The maximum Gasteiger partial charge on any atom is 0.302 e. The van der Waals surface area contributed by atoms with Crippen molar-refractivity contribution in [3.63, 3.8) is 0 Å². The molecule has 0 unspecified atom stereocenters. The second kappa shape index (κ2) is 6.83. The van der Waals surface area contributed by atoms with Gasteiger partial charge in [0, 0.05) is 29.4 Å². The minimum Gasteiger partial charge on any atom is -0.507 e. The second-order valence-electron chi connectivity index (χ2n) is 9.48. The van der Waals surface area contributed by atoms with Crippen LogP contribution >= 0.6 is 0 Å². The van der Waals surface area contributed by atoms with Gasteiger partial charge >= 0.3 is 5.97 Å². The summed E-state index contributed by atoms with van der Waals surface area (Å²) in [6, 6.07) is 0. The van der Waals surface area contributed by atoms with Crippen LogP contribution in [0.15, 0.2) is 22.5 Å². The molecule has 0 aromatic rings. The number of Topliss-reactive ketones (excluding diaryl/α,β-unsaturated/α-hetero) is 2. The number of esters is 1. The predicted molar refractivity (Wildman–Crippen MR) is 102 cm³/mol. The minimum atomic E-state index is -1.00. The van der Waals surface area contributed by atoms with Crippen LogP contribution in [0.5, 0.6) is 0 Å². The van der Waals surface area contributed by atoms with Gasteiger partial charge in [-0.05, 0) is 30.6 Å². The van der Waals surface area contributed by atoms with Gasteiger partial charge in [-0.1, -0.05) is 34.1 Å². The molecule has 0 saturated heterocycles. The summed E-state index contributed by atoms with van der Waals surface area (Å²) in [5.41, 5.74) is -0.207. The molecule has 1 saturated carbocycles. The summed E-state index contributed by atoms with van der Waals surface area (Å²) in [4.78, 5) is 37.2. The van der Waals surface area contributed by atoms with E-state index in [0.717, 1.165) is 19.3 Å². The number of aliphatic hydroxyl groups excluding tert-OH is 2. The molecule has 4 atom stereocenters. The Morgan fingerprint density at radius 2 is 1.86 bits per heavy atom. The highest BCUT2D eigenvalue weighted by atomic mass is 16.5. The van der Waals surface area contributed by atoms with Crippen molar-refractivity contribution in [3.05, 3.63) is 22.5 Å². The molecular weight excluding hydrogens is 360 g/mol. The number of allylic oxidation sites excluding steroid dienone is 1. The molecule has 0 bridgehead atoms. The minimum absolute atomic E-state index is 0.0482. The van der Waals surface area contributed by atoms with E-state index >= 15 is 0 Å². The van der Waals surface area contributed by atoms with E-state index in [4.69, 9.17) is 4.74 Å². The van der Waals surface area contributed by atoms with Crippen molar-refractivity contribution < 1.29 is 29.3 Å². The molecule has 1 fully saturated rings. The fraction of sp³-hybridized carbons (Fsp3) is 0.682. The molecule has 0 heterocycles. The van der Waals surface area contributed by atoms with E-state index in [9.17, 15) is 24.6 Å². The van der Waals surface area contributed by atoms with Crippen LogP contribution in [0.3, 0.4) is 0 Å². The lowest BCUT2D eigenvalue weighted by Crippen LogP contribution is -2.52. The van der Waals surface area contributed by atoms with Crippen LogP contribution in [0.1, 0.15) is 60.3 Å². The van der Waals surface area contributed by atoms with Gasteiger partial charge in [0.25, 0.3) is 0 Å². The van der Waals surface area contributed by atoms with E-state index in [-0.39, 0.29) is 40.4 Å². The molecule has 0 aliphatic heterocycles. The SMILES string of the molecule is CC(=O)OC[C@H](C)C1=C(O)C2=C(C(=O)C1=O)[C@@]1(C)CCCC(C)(C)[C@@H]1C[C@H]2O. The molecule has 6 heteroatoms. The first-order valence-electron chi connectivity index (χ1n) is 10.0. The van der Waals surface area contributed by atoms with Crippen molar-refractivity contribution in [2.75, 3.05) is 6.61 Å². The highest BCUT2D eigenvalue weighted by Gasteiger charge is 2.57. The third-order valence-corrected chi connectivity index (χ3v) is 7.08. The number of hydrogen-bond acceptors (Lipinski definition) is 6. The lowest BCUT2D eigenvalue weighted by molar-refractivity contribution is -0.142. The normalized spacial score (nSPS) is 33.4. The van der Waals surface area contributed by atoms with Gasteiger partial charge in [0.2, 0.25) is 11.6 Å². The molecule has 3 aliphatic carbocycles. The Morgan fingerprint density at radius 3 is 2.46 bits per heavy atom. The van der Waals surface area contributed by atoms with Crippen molar-refractivity contribution in [1.82, 2.24) is 0 Å². The van der Waals surface area contributed by atoms with Gasteiger partial charge in [-0.25, -0.2) is 0 Å². The fourth-order valence-electron chi connectivity index (χ4n) is 5.75. The van der Waals surface area contributed by atoms with E-state index in [1.807, 2.05) is 6.92 Å². The third-order valence-electron chi connectivity index (χ3n) is 7.08. The Kier molecular flexibility index (Phi) is 5.07. The molecular formula is C22H30O6. The van der Waals surface area contributed by atoms with Crippen LogP contribution in [0, 0.1) is 22.7 Å². The Balaban J connectivity index is 2.14. The number of fused-ring (bicyclic) bond motifs is 2. The summed E-state index contributed by atoms with van der Waals surface area (Å²) in [6.45, 7) is 9.04. The Hall–Kier alpha value is -1.95. The molecule has 0 spiro atoms. The number of hydrogen-bond donors (Lipinski definition) is 2. The van der Waals surface area contributed by atoms with Crippen LogP contribution < -0.4 is 0 Å². The maximum atomic E-state index is 13.2. The Labute approximate surface area is 165 Å². The van der Waals surface area contributed by atoms with Gasteiger partial charge in [-0.3, -0.25) is 14.4 Å². The smallest absolute Gasteiger partial charge is 0.302 e. The number of carbonyl (C=O) groups is 3. The van der Waals surface area contributed by atoms with Gasteiger partial charge in [-0.2, -0.15) is 0 Å². The number of aliphatic hydroxyl groups is 2. The van der Waals surface area contributed by atoms with E-state index in [2.05, 4.69) is 13.8 Å². The Morgan fingerprint density at radius 1 is 1.21 bits per heavy atom. The second-order valence-corrected chi connectivity index (χ2v) is 9.48. The summed E-state index contributed by atoms with van der Waals surface area (Å²) >= 11 is 0. The molecule has 0 aromatic heterocycles. The van der Waals surface area contributed by atoms with Crippen LogP contribution in [0.2, 0.25) is 0 Å². The highest BCUT2D eigenvalue weighted by Crippen LogP contribution is 2.61. The van der Waals surface area contributed by atoms with Crippen molar-refractivity contribution in [3.8, 4) is 0 Å². The molecule has 2 N–H and O–H groups in total. The van der Waals surface area contributed by atoms with E-state index in [1.54, 1.807) is 6.92 Å². The summed E-state index contributed by atoms with van der Waals surface area (Å²) in [7, 11) is 0. The van der Waals surface area contributed by atoms with Gasteiger partial charge in [0.05, 0.1) is 18.3 Å². The topological polar surface area (TPSA) is 101 Å². The van der Waals surface area contributed by atoms with E-state index in [1.165, 1.54) is 6.92 Å². The predicted octanol–water partition coefficient (Wildman–Crippen LogP) is 3.04. The van der Waals surface area contributed by atoms with Gasteiger partial charge in [-0.15, -0.1) is 0 Å². The summed E-state index contributed by atoms with van der Waals surface area (Å²) < 4.78 is 4.96. The lowest BCUT2D eigenvalue weighted by Gasteiger charge is -2.56. The van der Waals surface area contributed by atoms with Crippen LogP contribution in [-0.4, -0.2) is 40.5 Å². The molecule has 0 aromatic carbocycles. The zero-order chi connectivity index (χ0) is 21.0. The van der Waals surface area contributed by atoms with Crippen LogP contribution in [0.25, 0.3) is 0 Å². The molecule has 6 nitrogen and oxygen atoms in total. The summed E-state index contributed by atoms with van der Waals surface area (Å²) in [5, 5.41) is 21.8. The lowest BCUT2D eigenvalue weighted by atomic mass is 9.48. The summed E-state index contributed by atoms with van der Waals surface area (Å²) in [6.07, 6.45) is 2.11. The Bertz CT molecular complexity index is 802. The van der Waals surface area contributed by atoms with Gasteiger partial charge < -0.3 is 14.9 Å². The fourth-order valence-corrected chi connectivity index (χ4v) is 5.75. The first kappa shape index (κ1) is 20.8. The first-order valence-corrected chi connectivity index (χ1v) is 10.0. The number of rotatable bonds is 3. The molecule has 154 valence electrons. The van der Waals surface area contributed by atoms with Crippen LogP contribution in [0.4, 0.5) is 0 Å². The zero-order valence-electron chi connectivity index (χ0n) is 17.3. The molecule has 28 heavy (non-hydrogen) atoms. The van der Waals surface area contributed by atoms with E-state index in [0.29, 0.717) is 6.42 Å². The van der Waals surface area contributed by atoms with E-state index < -0.39 is 35.0 Å². The zero-order valence-corrected chi connectivity index (χ0v) is 17.3. The maximum absolute atomic E-state index is 13.2. The summed E-state index contributed by atoms with van der Waals surface area (Å²) in [5.74, 6) is -2.80. The molecule has 0 amide bonds. The number of carbonyl (C=O) groups excluding carboxylic acids is 3. The monoisotopic (exact) mass is 390 g/mol. The van der Waals surface area contributed by atoms with Crippen LogP contribution in [-0.2, 0) is 19.1 Å². The van der Waals surface area contributed by atoms with Crippen molar-refractivity contribution in [2.45, 2.75) is 66.4 Å².